The molecule has 2 N–H and O–H groups in total. The molecule has 14 heavy (non-hydrogen) atoms. The van der Waals surface area contributed by atoms with Gasteiger partial charge in [-0.3, -0.25) is 4.79 Å². The van der Waals surface area contributed by atoms with E-state index in [-0.39, 0.29) is 12.1 Å². The highest BCUT2D eigenvalue weighted by molar-refractivity contribution is 5.69. The first-order valence-corrected chi connectivity index (χ1v) is 5.62. The SMILES string of the molecule is CC(CN)CCC(=O)OC1CCCC1. The molecule has 0 amide bonds. The zero-order chi connectivity index (χ0) is 10.4. The van der Waals surface area contributed by atoms with Gasteiger partial charge in [-0.25, -0.2) is 0 Å². The quantitative estimate of drug-likeness (QED) is 0.687. The van der Waals surface area contributed by atoms with Gasteiger partial charge in [0.05, 0.1) is 0 Å². The molecule has 1 fully saturated rings. The van der Waals surface area contributed by atoms with Crippen LogP contribution in [-0.4, -0.2) is 18.6 Å². The Hall–Kier alpha value is -0.570. The van der Waals surface area contributed by atoms with Crippen LogP contribution in [0, 0.1) is 5.92 Å². The lowest BCUT2D eigenvalue weighted by Gasteiger charge is -2.12. The predicted molar refractivity (Wildman–Crippen MR) is 55.8 cm³/mol. The van der Waals surface area contributed by atoms with Crippen molar-refractivity contribution in [3.8, 4) is 0 Å². The molecule has 0 radical (unpaired) electrons. The van der Waals surface area contributed by atoms with E-state index in [2.05, 4.69) is 6.92 Å². The molecule has 0 spiro atoms. The number of rotatable bonds is 5. The topological polar surface area (TPSA) is 52.3 Å². The van der Waals surface area contributed by atoms with E-state index in [1.807, 2.05) is 0 Å². The second-order valence-electron chi connectivity index (χ2n) is 4.28. The maximum Gasteiger partial charge on any atom is 0.306 e. The summed E-state index contributed by atoms with van der Waals surface area (Å²) in [5.74, 6) is 0.378. The van der Waals surface area contributed by atoms with Gasteiger partial charge in [0.1, 0.15) is 6.10 Å². The Bertz CT molecular complexity index is 176. The highest BCUT2D eigenvalue weighted by Crippen LogP contribution is 2.21. The third-order valence-electron chi connectivity index (χ3n) is 2.84. The third-order valence-corrected chi connectivity index (χ3v) is 2.84. The zero-order valence-corrected chi connectivity index (χ0v) is 9.00. The van der Waals surface area contributed by atoms with E-state index >= 15 is 0 Å². The van der Waals surface area contributed by atoms with Gasteiger partial charge in [-0.05, 0) is 44.6 Å². The van der Waals surface area contributed by atoms with E-state index in [9.17, 15) is 4.79 Å². The Morgan fingerprint density at radius 3 is 2.71 bits per heavy atom. The Kier molecular flexibility index (Phi) is 4.94. The zero-order valence-electron chi connectivity index (χ0n) is 9.00. The minimum absolute atomic E-state index is 0.0443. The molecule has 82 valence electrons. The van der Waals surface area contributed by atoms with Crippen molar-refractivity contribution in [2.75, 3.05) is 6.54 Å². The molecular weight excluding hydrogens is 178 g/mol. The molecule has 3 nitrogen and oxygen atoms in total. The second kappa shape index (κ2) is 6.02. The fraction of sp³-hybridized carbons (Fsp3) is 0.909. The van der Waals surface area contributed by atoms with Crippen LogP contribution in [0.2, 0.25) is 0 Å². The van der Waals surface area contributed by atoms with Crippen molar-refractivity contribution < 1.29 is 9.53 Å². The largest absolute Gasteiger partial charge is 0.462 e. The van der Waals surface area contributed by atoms with E-state index in [0.29, 0.717) is 18.9 Å². The van der Waals surface area contributed by atoms with Crippen LogP contribution >= 0.6 is 0 Å². The van der Waals surface area contributed by atoms with E-state index in [4.69, 9.17) is 10.5 Å². The summed E-state index contributed by atoms with van der Waals surface area (Å²) in [5, 5.41) is 0. The molecular formula is C11H21NO2. The monoisotopic (exact) mass is 199 g/mol. The molecule has 1 unspecified atom stereocenters. The smallest absolute Gasteiger partial charge is 0.306 e. The summed E-state index contributed by atoms with van der Waals surface area (Å²) in [6.45, 7) is 2.71. The molecule has 0 aromatic carbocycles. The van der Waals surface area contributed by atoms with Crippen molar-refractivity contribution in [3.63, 3.8) is 0 Å². The van der Waals surface area contributed by atoms with E-state index in [1.54, 1.807) is 0 Å². The van der Waals surface area contributed by atoms with Gasteiger partial charge in [0, 0.05) is 6.42 Å². The summed E-state index contributed by atoms with van der Waals surface area (Å²) in [6, 6.07) is 0. The number of hydrogen-bond acceptors (Lipinski definition) is 3. The first-order valence-electron chi connectivity index (χ1n) is 5.62. The summed E-state index contributed by atoms with van der Waals surface area (Å²) in [4.78, 5) is 11.4. The Morgan fingerprint density at radius 1 is 1.50 bits per heavy atom. The van der Waals surface area contributed by atoms with Crippen molar-refractivity contribution in [1.29, 1.82) is 0 Å². The lowest BCUT2D eigenvalue weighted by molar-refractivity contribution is -0.149. The average Bonchev–Trinajstić information content (AvgIpc) is 2.66. The predicted octanol–water partition coefficient (Wildman–Crippen LogP) is 1.85. The normalized spacial score (nSPS) is 19.6. The number of esters is 1. The van der Waals surface area contributed by atoms with Crippen molar-refractivity contribution >= 4 is 5.97 Å². The minimum atomic E-state index is -0.0443. The van der Waals surface area contributed by atoms with Crippen LogP contribution in [-0.2, 0) is 9.53 Å². The standard InChI is InChI=1S/C11H21NO2/c1-9(8-12)6-7-11(13)14-10-4-2-3-5-10/h9-10H,2-8,12H2,1H3. The summed E-state index contributed by atoms with van der Waals surface area (Å²) in [6.07, 6.45) is 6.09. The highest BCUT2D eigenvalue weighted by atomic mass is 16.5. The van der Waals surface area contributed by atoms with Crippen LogP contribution in [0.15, 0.2) is 0 Å². The van der Waals surface area contributed by atoms with Crippen LogP contribution in [0.5, 0.6) is 0 Å². The van der Waals surface area contributed by atoms with E-state index in [1.165, 1.54) is 12.8 Å². The van der Waals surface area contributed by atoms with Gasteiger partial charge >= 0.3 is 5.97 Å². The van der Waals surface area contributed by atoms with Crippen LogP contribution in [0.4, 0.5) is 0 Å². The number of hydrogen-bond donors (Lipinski definition) is 1. The molecule has 0 aromatic heterocycles. The van der Waals surface area contributed by atoms with Crippen LogP contribution in [0.3, 0.4) is 0 Å². The van der Waals surface area contributed by atoms with Crippen molar-refractivity contribution in [2.45, 2.75) is 51.6 Å². The lowest BCUT2D eigenvalue weighted by atomic mass is 10.1. The van der Waals surface area contributed by atoms with Gasteiger partial charge in [-0.1, -0.05) is 6.92 Å². The molecule has 3 heteroatoms. The number of nitrogens with two attached hydrogens (primary N) is 1. The summed E-state index contributed by atoms with van der Waals surface area (Å²) < 4.78 is 5.33. The summed E-state index contributed by atoms with van der Waals surface area (Å²) in [5.41, 5.74) is 5.47. The molecule has 1 aliphatic rings. The molecule has 1 aliphatic carbocycles. The maximum atomic E-state index is 11.4. The molecule has 0 heterocycles. The van der Waals surface area contributed by atoms with Crippen LogP contribution in [0.1, 0.15) is 45.4 Å². The van der Waals surface area contributed by atoms with Gasteiger partial charge in [-0.15, -0.1) is 0 Å². The number of carbonyl (C=O) groups is 1. The molecule has 0 aromatic rings. The van der Waals surface area contributed by atoms with E-state index < -0.39 is 0 Å². The van der Waals surface area contributed by atoms with Crippen molar-refractivity contribution in [2.24, 2.45) is 11.7 Å². The average molecular weight is 199 g/mol. The van der Waals surface area contributed by atoms with Gasteiger partial charge in [0.25, 0.3) is 0 Å². The van der Waals surface area contributed by atoms with Gasteiger partial charge in [-0.2, -0.15) is 0 Å². The second-order valence-corrected chi connectivity index (χ2v) is 4.28. The lowest BCUT2D eigenvalue weighted by Crippen LogP contribution is -2.17. The van der Waals surface area contributed by atoms with E-state index in [0.717, 1.165) is 19.3 Å². The Morgan fingerprint density at radius 2 is 2.14 bits per heavy atom. The maximum absolute atomic E-state index is 11.4. The summed E-state index contributed by atoms with van der Waals surface area (Å²) >= 11 is 0. The van der Waals surface area contributed by atoms with Gasteiger partial charge in [0.2, 0.25) is 0 Å². The van der Waals surface area contributed by atoms with Crippen molar-refractivity contribution in [3.05, 3.63) is 0 Å². The summed E-state index contributed by atoms with van der Waals surface area (Å²) in [7, 11) is 0. The van der Waals surface area contributed by atoms with Crippen molar-refractivity contribution in [1.82, 2.24) is 0 Å². The molecule has 1 saturated carbocycles. The molecule has 0 aliphatic heterocycles. The number of ether oxygens (including phenoxy) is 1. The first-order chi connectivity index (χ1) is 6.72. The minimum Gasteiger partial charge on any atom is -0.462 e. The van der Waals surface area contributed by atoms with Crippen LogP contribution < -0.4 is 5.73 Å². The fourth-order valence-electron chi connectivity index (χ4n) is 1.73. The molecule has 0 bridgehead atoms. The fourth-order valence-corrected chi connectivity index (χ4v) is 1.73. The molecule has 1 rings (SSSR count). The molecule has 0 saturated heterocycles. The third kappa shape index (κ3) is 4.09. The highest BCUT2D eigenvalue weighted by Gasteiger charge is 2.19. The van der Waals surface area contributed by atoms with Gasteiger partial charge in [0.15, 0.2) is 0 Å². The van der Waals surface area contributed by atoms with Gasteiger partial charge < -0.3 is 10.5 Å². The Balaban J connectivity index is 2.09. The van der Waals surface area contributed by atoms with Crippen LogP contribution in [0.25, 0.3) is 0 Å². The number of carbonyl (C=O) groups excluding carboxylic acids is 1. The first kappa shape index (κ1) is 11.5. The molecule has 1 atom stereocenters. The Labute approximate surface area is 86.0 Å².